The standard InChI is InChI=1S/C7H12F3NO3/c1-3-14-5(12)6(11,4-13-2)7(8,9)10/h3-4,11H2,1-2H3/t6-/m0/s1. The largest absolute Gasteiger partial charge is 0.464 e. The van der Waals surface area contributed by atoms with Crippen molar-refractivity contribution >= 4 is 5.97 Å². The third kappa shape index (κ3) is 2.58. The molecule has 0 saturated heterocycles. The van der Waals surface area contributed by atoms with Gasteiger partial charge < -0.3 is 15.2 Å². The van der Waals surface area contributed by atoms with Crippen LogP contribution in [-0.2, 0) is 14.3 Å². The van der Waals surface area contributed by atoms with E-state index in [4.69, 9.17) is 5.73 Å². The van der Waals surface area contributed by atoms with Crippen LogP contribution in [0.5, 0.6) is 0 Å². The Hall–Kier alpha value is -0.820. The molecule has 0 aromatic heterocycles. The normalized spacial score (nSPS) is 16.1. The Morgan fingerprint density at radius 1 is 1.43 bits per heavy atom. The van der Waals surface area contributed by atoms with E-state index >= 15 is 0 Å². The van der Waals surface area contributed by atoms with Gasteiger partial charge in [-0.2, -0.15) is 13.2 Å². The van der Waals surface area contributed by atoms with Crippen LogP contribution in [-0.4, -0.2) is 38.0 Å². The van der Waals surface area contributed by atoms with Gasteiger partial charge in [-0.25, -0.2) is 4.79 Å². The lowest BCUT2D eigenvalue weighted by Crippen LogP contribution is -2.63. The molecule has 0 amide bonds. The Balaban J connectivity index is 4.80. The predicted octanol–water partition coefficient (Wildman–Crippen LogP) is 0.456. The number of nitrogens with two attached hydrogens (primary N) is 1. The average Bonchev–Trinajstić information content (AvgIpc) is 2.03. The number of carbonyl (C=O) groups is 1. The molecule has 0 aliphatic carbocycles. The van der Waals surface area contributed by atoms with Gasteiger partial charge in [-0.1, -0.05) is 0 Å². The minimum absolute atomic E-state index is 0.169. The van der Waals surface area contributed by atoms with Gasteiger partial charge >= 0.3 is 12.1 Å². The summed E-state index contributed by atoms with van der Waals surface area (Å²) in [5.41, 5.74) is 1.81. The van der Waals surface area contributed by atoms with Crippen LogP contribution in [0.4, 0.5) is 13.2 Å². The topological polar surface area (TPSA) is 61.5 Å². The molecule has 0 fully saturated rings. The van der Waals surface area contributed by atoms with Gasteiger partial charge in [-0.15, -0.1) is 0 Å². The maximum absolute atomic E-state index is 12.4. The Morgan fingerprint density at radius 2 is 1.93 bits per heavy atom. The summed E-state index contributed by atoms with van der Waals surface area (Å²) in [6.07, 6.45) is -4.89. The highest BCUT2D eigenvalue weighted by Gasteiger charge is 2.59. The number of hydrogen-bond acceptors (Lipinski definition) is 4. The molecule has 2 N–H and O–H groups in total. The summed E-state index contributed by atoms with van der Waals surface area (Å²) in [5, 5.41) is 0. The fourth-order valence-corrected chi connectivity index (χ4v) is 0.744. The molecule has 0 rings (SSSR count). The Labute approximate surface area is 79.2 Å². The van der Waals surface area contributed by atoms with Crippen molar-refractivity contribution in [3.63, 3.8) is 0 Å². The quantitative estimate of drug-likeness (QED) is 0.692. The predicted molar refractivity (Wildman–Crippen MR) is 41.5 cm³/mol. The molecule has 0 aliphatic rings. The third-order valence-corrected chi connectivity index (χ3v) is 1.52. The molecule has 0 saturated carbocycles. The van der Waals surface area contributed by atoms with E-state index in [0.29, 0.717) is 0 Å². The number of esters is 1. The van der Waals surface area contributed by atoms with E-state index < -0.39 is 24.3 Å². The van der Waals surface area contributed by atoms with Gasteiger partial charge in [0.2, 0.25) is 5.54 Å². The highest BCUT2D eigenvalue weighted by atomic mass is 19.4. The molecular formula is C7H12F3NO3. The van der Waals surface area contributed by atoms with Crippen molar-refractivity contribution in [2.45, 2.75) is 18.6 Å². The van der Waals surface area contributed by atoms with Crippen LogP contribution in [0.25, 0.3) is 0 Å². The Bertz CT molecular complexity index is 207. The number of carbonyl (C=O) groups excluding carboxylic acids is 1. The number of rotatable bonds is 4. The summed E-state index contributed by atoms with van der Waals surface area (Å²) in [5.74, 6) is -1.53. The summed E-state index contributed by atoms with van der Waals surface area (Å²) in [6, 6.07) is 0. The molecule has 0 radical (unpaired) electrons. The molecule has 84 valence electrons. The van der Waals surface area contributed by atoms with Crippen molar-refractivity contribution in [3.05, 3.63) is 0 Å². The lowest BCUT2D eigenvalue weighted by molar-refractivity contribution is -0.213. The monoisotopic (exact) mass is 215 g/mol. The van der Waals surface area contributed by atoms with Crippen LogP contribution in [0.1, 0.15) is 6.92 Å². The van der Waals surface area contributed by atoms with Gasteiger partial charge in [0.1, 0.15) is 0 Å². The second-order valence-electron chi connectivity index (χ2n) is 2.62. The molecule has 7 heteroatoms. The third-order valence-electron chi connectivity index (χ3n) is 1.52. The summed E-state index contributed by atoms with van der Waals surface area (Å²) < 4.78 is 45.6. The van der Waals surface area contributed by atoms with Crippen LogP contribution in [0.15, 0.2) is 0 Å². The van der Waals surface area contributed by atoms with Crippen molar-refractivity contribution in [3.8, 4) is 0 Å². The first-order chi connectivity index (χ1) is 6.29. The van der Waals surface area contributed by atoms with E-state index in [1.165, 1.54) is 6.92 Å². The average molecular weight is 215 g/mol. The summed E-state index contributed by atoms with van der Waals surface area (Å²) in [7, 11) is 1.02. The van der Waals surface area contributed by atoms with Crippen LogP contribution < -0.4 is 5.73 Å². The molecule has 0 aromatic carbocycles. The van der Waals surface area contributed by atoms with Crippen molar-refractivity contribution in [2.75, 3.05) is 20.3 Å². The first-order valence-corrected chi connectivity index (χ1v) is 3.81. The summed E-state index contributed by atoms with van der Waals surface area (Å²) >= 11 is 0. The van der Waals surface area contributed by atoms with Crippen molar-refractivity contribution < 1.29 is 27.4 Å². The molecule has 0 bridgehead atoms. The highest BCUT2D eigenvalue weighted by molar-refractivity contribution is 5.82. The maximum atomic E-state index is 12.4. The smallest absolute Gasteiger partial charge is 0.419 e. The van der Waals surface area contributed by atoms with E-state index in [2.05, 4.69) is 9.47 Å². The molecule has 0 aromatic rings. The lowest BCUT2D eigenvalue weighted by Gasteiger charge is -2.28. The molecule has 0 aliphatic heterocycles. The zero-order valence-electron chi connectivity index (χ0n) is 7.85. The van der Waals surface area contributed by atoms with Crippen LogP contribution in [0.3, 0.4) is 0 Å². The highest BCUT2D eigenvalue weighted by Crippen LogP contribution is 2.29. The fourth-order valence-electron chi connectivity index (χ4n) is 0.744. The summed E-state index contributed by atoms with van der Waals surface area (Å²) in [6.45, 7) is 0.258. The second kappa shape index (κ2) is 4.61. The molecule has 14 heavy (non-hydrogen) atoms. The number of ether oxygens (including phenoxy) is 2. The minimum atomic E-state index is -4.89. The fraction of sp³-hybridized carbons (Fsp3) is 0.857. The second-order valence-corrected chi connectivity index (χ2v) is 2.62. The van der Waals surface area contributed by atoms with Crippen LogP contribution >= 0.6 is 0 Å². The van der Waals surface area contributed by atoms with Gasteiger partial charge in [0.15, 0.2) is 0 Å². The molecular weight excluding hydrogens is 203 g/mol. The number of alkyl halides is 3. The number of hydrogen-bond donors (Lipinski definition) is 1. The number of methoxy groups -OCH3 is 1. The van der Waals surface area contributed by atoms with Crippen molar-refractivity contribution in [1.82, 2.24) is 0 Å². The minimum Gasteiger partial charge on any atom is -0.464 e. The first-order valence-electron chi connectivity index (χ1n) is 3.81. The van der Waals surface area contributed by atoms with Gasteiger partial charge in [-0.3, -0.25) is 0 Å². The van der Waals surface area contributed by atoms with Gasteiger partial charge in [0, 0.05) is 7.11 Å². The van der Waals surface area contributed by atoms with Gasteiger partial charge in [0.05, 0.1) is 13.2 Å². The molecule has 0 spiro atoms. The lowest BCUT2D eigenvalue weighted by atomic mass is 10.0. The van der Waals surface area contributed by atoms with Gasteiger partial charge in [0.25, 0.3) is 0 Å². The Morgan fingerprint density at radius 3 is 2.21 bits per heavy atom. The van der Waals surface area contributed by atoms with E-state index in [1.54, 1.807) is 0 Å². The van der Waals surface area contributed by atoms with E-state index in [-0.39, 0.29) is 6.61 Å². The summed E-state index contributed by atoms with van der Waals surface area (Å²) in [4.78, 5) is 11.0. The van der Waals surface area contributed by atoms with E-state index in [1.807, 2.05) is 0 Å². The van der Waals surface area contributed by atoms with Crippen LogP contribution in [0, 0.1) is 0 Å². The van der Waals surface area contributed by atoms with Crippen molar-refractivity contribution in [1.29, 1.82) is 0 Å². The van der Waals surface area contributed by atoms with E-state index in [0.717, 1.165) is 7.11 Å². The molecule has 0 unspecified atom stereocenters. The Kier molecular flexibility index (Phi) is 4.34. The molecule has 4 nitrogen and oxygen atoms in total. The maximum Gasteiger partial charge on any atom is 0.419 e. The first kappa shape index (κ1) is 13.2. The zero-order valence-corrected chi connectivity index (χ0v) is 7.85. The van der Waals surface area contributed by atoms with Gasteiger partial charge in [-0.05, 0) is 6.92 Å². The molecule has 0 heterocycles. The van der Waals surface area contributed by atoms with Crippen LogP contribution in [0.2, 0.25) is 0 Å². The SMILES string of the molecule is CCOC(=O)[C@@](N)(COC)C(F)(F)F. The van der Waals surface area contributed by atoms with E-state index in [9.17, 15) is 18.0 Å². The molecule has 1 atom stereocenters. The number of halogens is 3. The zero-order chi connectivity index (χ0) is 11.4. The van der Waals surface area contributed by atoms with Crippen molar-refractivity contribution in [2.24, 2.45) is 5.73 Å².